The van der Waals surface area contributed by atoms with Crippen LogP contribution in [-0.2, 0) is 10.0 Å². The molecule has 0 aromatic heterocycles. The van der Waals surface area contributed by atoms with Crippen molar-refractivity contribution < 1.29 is 23.0 Å². The highest BCUT2D eigenvalue weighted by Gasteiger charge is 2.20. The zero-order valence-electron chi connectivity index (χ0n) is 12.0. The average molecular weight is 315 g/mol. The number of rotatable bonds is 6. The minimum absolute atomic E-state index is 0.0517. The fourth-order valence-electron chi connectivity index (χ4n) is 2.10. The molecule has 1 unspecified atom stereocenters. The molecule has 2 rings (SSSR count). The minimum atomic E-state index is -3.60. The molecule has 0 spiro atoms. The van der Waals surface area contributed by atoms with Gasteiger partial charge in [0.25, 0.3) is 0 Å². The molecule has 1 heterocycles. The Morgan fingerprint density at radius 3 is 2.71 bits per heavy atom. The molecule has 0 radical (unpaired) electrons. The maximum Gasteiger partial charge on any atom is 0.240 e. The van der Waals surface area contributed by atoms with Crippen molar-refractivity contribution in [2.24, 2.45) is 0 Å². The highest BCUT2D eigenvalue weighted by atomic mass is 32.2. The van der Waals surface area contributed by atoms with E-state index in [1.165, 1.54) is 12.1 Å². The lowest BCUT2D eigenvalue weighted by Gasteiger charge is -2.15. The van der Waals surface area contributed by atoms with Crippen LogP contribution in [0.25, 0.3) is 0 Å². The topological polar surface area (TPSA) is 84.9 Å². The van der Waals surface area contributed by atoms with Crippen LogP contribution in [0.2, 0.25) is 0 Å². The molecule has 1 atom stereocenters. The van der Waals surface area contributed by atoms with Crippen LogP contribution in [0, 0.1) is 0 Å². The monoisotopic (exact) mass is 315 g/mol. The number of fused-ring (bicyclic) bond motifs is 1. The van der Waals surface area contributed by atoms with Gasteiger partial charge in [0.05, 0.1) is 18.1 Å². The fraction of sp³-hybridized carbons (Fsp3) is 0.571. The molecule has 1 aliphatic rings. The third-order valence-corrected chi connectivity index (χ3v) is 4.77. The van der Waals surface area contributed by atoms with Crippen molar-refractivity contribution in [3.05, 3.63) is 18.2 Å². The summed E-state index contributed by atoms with van der Waals surface area (Å²) in [5.41, 5.74) is 0. The summed E-state index contributed by atoms with van der Waals surface area (Å²) in [6.07, 6.45) is 1.91. The van der Waals surface area contributed by atoms with Gasteiger partial charge in [-0.3, -0.25) is 0 Å². The second-order valence-corrected chi connectivity index (χ2v) is 6.76. The molecule has 1 aliphatic heterocycles. The summed E-state index contributed by atoms with van der Waals surface area (Å²) in [5, 5.41) is 8.78. The first kappa shape index (κ1) is 16.1. The first-order chi connectivity index (χ1) is 10.0. The molecule has 0 aliphatic carbocycles. The van der Waals surface area contributed by atoms with Crippen LogP contribution in [0.1, 0.15) is 26.2 Å². The van der Waals surface area contributed by atoms with E-state index in [1.807, 2.05) is 0 Å². The second-order valence-electron chi connectivity index (χ2n) is 5.05. The number of hydrogen-bond acceptors (Lipinski definition) is 5. The summed E-state index contributed by atoms with van der Waals surface area (Å²) in [6.45, 7) is 2.90. The number of aliphatic hydroxyl groups excluding tert-OH is 1. The molecular formula is C14H21NO5S. The molecule has 0 fully saturated rings. The maximum atomic E-state index is 12.3. The molecule has 2 N–H and O–H groups in total. The number of aliphatic hydroxyl groups is 1. The van der Waals surface area contributed by atoms with E-state index < -0.39 is 10.0 Å². The molecule has 1 aromatic rings. The number of ether oxygens (including phenoxy) is 2. The van der Waals surface area contributed by atoms with Crippen molar-refractivity contribution in [2.45, 2.75) is 37.1 Å². The van der Waals surface area contributed by atoms with E-state index in [2.05, 4.69) is 4.72 Å². The van der Waals surface area contributed by atoms with Gasteiger partial charge in [0.2, 0.25) is 10.0 Å². The largest absolute Gasteiger partial charge is 0.490 e. The van der Waals surface area contributed by atoms with Gasteiger partial charge in [-0.25, -0.2) is 13.1 Å². The van der Waals surface area contributed by atoms with Gasteiger partial charge in [-0.05, 0) is 31.9 Å². The van der Waals surface area contributed by atoms with Crippen molar-refractivity contribution in [1.82, 2.24) is 4.72 Å². The number of nitrogens with one attached hydrogen (secondary N) is 1. The first-order valence-electron chi connectivity index (χ1n) is 7.06. The molecule has 0 amide bonds. The van der Waals surface area contributed by atoms with E-state index in [9.17, 15) is 8.42 Å². The first-order valence-corrected chi connectivity index (χ1v) is 8.54. The van der Waals surface area contributed by atoms with Crippen molar-refractivity contribution in [3.63, 3.8) is 0 Å². The summed E-state index contributed by atoms with van der Waals surface area (Å²) < 4.78 is 38.2. The highest BCUT2D eigenvalue weighted by molar-refractivity contribution is 7.89. The van der Waals surface area contributed by atoms with Crippen molar-refractivity contribution in [1.29, 1.82) is 0 Å². The molecule has 0 saturated heterocycles. The highest BCUT2D eigenvalue weighted by Crippen LogP contribution is 2.31. The molecule has 6 nitrogen and oxygen atoms in total. The maximum absolute atomic E-state index is 12.3. The molecule has 118 valence electrons. The van der Waals surface area contributed by atoms with E-state index in [0.29, 0.717) is 37.6 Å². The predicted octanol–water partition coefficient (Wildman–Crippen LogP) is 1.29. The van der Waals surface area contributed by atoms with E-state index in [4.69, 9.17) is 14.6 Å². The number of benzene rings is 1. The summed E-state index contributed by atoms with van der Waals surface area (Å²) in [7, 11) is -3.60. The zero-order chi connectivity index (χ0) is 15.3. The van der Waals surface area contributed by atoms with Gasteiger partial charge in [0.15, 0.2) is 11.5 Å². The zero-order valence-corrected chi connectivity index (χ0v) is 12.9. The Labute approximate surface area is 125 Å². The number of hydrogen-bond donors (Lipinski definition) is 2. The Balaban J connectivity index is 2.14. The van der Waals surface area contributed by atoms with Crippen LogP contribution in [0.15, 0.2) is 23.1 Å². The van der Waals surface area contributed by atoms with Gasteiger partial charge in [0, 0.05) is 25.1 Å². The average Bonchev–Trinajstić information content (AvgIpc) is 2.69. The van der Waals surface area contributed by atoms with Crippen LogP contribution >= 0.6 is 0 Å². The summed E-state index contributed by atoms with van der Waals surface area (Å²) in [5.74, 6) is 1.03. The van der Waals surface area contributed by atoms with Gasteiger partial charge in [-0.1, -0.05) is 0 Å². The summed E-state index contributed by atoms with van der Waals surface area (Å²) in [4.78, 5) is 0.155. The SMILES string of the molecule is CC(CCCO)NS(=O)(=O)c1ccc2c(c1)OCCCO2. The van der Waals surface area contributed by atoms with Gasteiger partial charge in [-0.15, -0.1) is 0 Å². The smallest absolute Gasteiger partial charge is 0.240 e. The molecule has 21 heavy (non-hydrogen) atoms. The van der Waals surface area contributed by atoms with Crippen LogP contribution in [0.3, 0.4) is 0 Å². The Kier molecular flexibility index (Phi) is 5.44. The van der Waals surface area contributed by atoms with Crippen LogP contribution in [-0.4, -0.2) is 39.4 Å². The normalized spacial score (nSPS) is 16.3. The van der Waals surface area contributed by atoms with Crippen molar-refractivity contribution in [3.8, 4) is 11.5 Å². The summed E-state index contributed by atoms with van der Waals surface area (Å²) in [6, 6.07) is 4.38. The Morgan fingerprint density at radius 2 is 2.00 bits per heavy atom. The lowest BCUT2D eigenvalue weighted by atomic mass is 10.2. The Morgan fingerprint density at radius 1 is 1.29 bits per heavy atom. The van der Waals surface area contributed by atoms with Crippen molar-refractivity contribution >= 4 is 10.0 Å². The lowest BCUT2D eigenvalue weighted by Crippen LogP contribution is -2.32. The quantitative estimate of drug-likeness (QED) is 0.826. The Bertz CT molecular complexity index is 573. The molecule has 0 saturated carbocycles. The third kappa shape index (κ3) is 4.33. The van der Waals surface area contributed by atoms with Crippen LogP contribution in [0.4, 0.5) is 0 Å². The van der Waals surface area contributed by atoms with Crippen LogP contribution < -0.4 is 14.2 Å². The van der Waals surface area contributed by atoms with Gasteiger partial charge in [-0.2, -0.15) is 0 Å². The molecule has 1 aromatic carbocycles. The van der Waals surface area contributed by atoms with Crippen LogP contribution in [0.5, 0.6) is 11.5 Å². The Hall–Kier alpha value is -1.31. The third-order valence-electron chi connectivity index (χ3n) is 3.18. The molecular weight excluding hydrogens is 294 g/mol. The second kappa shape index (κ2) is 7.11. The summed E-state index contributed by atoms with van der Waals surface area (Å²) >= 11 is 0. The fourth-order valence-corrected chi connectivity index (χ4v) is 3.39. The van der Waals surface area contributed by atoms with E-state index >= 15 is 0 Å². The number of sulfonamides is 1. The standard InChI is InChI=1S/C14H21NO5S/c1-11(4-2-7-16)15-21(17,18)12-5-6-13-14(10-12)20-9-3-8-19-13/h5-6,10-11,15-16H,2-4,7-9H2,1H3. The minimum Gasteiger partial charge on any atom is -0.490 e. The van der Waals surface area contributed by atoms with Gasteiger partial charge in [0.1, 0.15) is 0 Å². The van der Waals surface area contributed by atoms with E-state index in [0.717, 1.165) is 6.42 Å². The lowest BCUT2D eigenvalue weighted by molar-refractivity contribution is 0.279. The van der Waals surface area contributed by atoms with E-state index in [-0.39, 0.29) is 17.5 Å². The van der Waals surface area contributed by atoms with Gasteiger partial charge >= 0.3 is 0 Å². The molecule has 0 bridgehead atoms. The molecule has 7 heteroatoms. The van der Waals surface area contributed by atoms with E-state index in [1.54, 1.807) is 13.0 Å². The van der Waals surface area contributed by atoms with Gasteiger partial charge < -0.3 is 14.6 Å². The predicted molar refractivity (Wildman–Crippen MR) is 78.2 cm³/mol. The van der Waals surface area contributed by atoms with Crippen molar-refractivity contribution in [2.75, 3.05) is 19.8 Å².